The number of hydrogen-bond donors (Lipinski definition) is 2. The fourth-order valence-electron chi connectivity index (χ4n) is 2.18. The number of likely N-dealkylation sites (N-methyl/N-ethyl adjacent to an activating group) is 1. The molecule has 0 radical (unpaired) electrons. The molecule has 6 heteroatoms. The molecule has 1 fully saturated rings. The van der Waals surface area contributed by atoms with Crippen LogP contribution in [0.2, 0.25) is 0 Å². The fraction of sp³-hybridized carbons (Fsp3) is 0.833. The SMILES string of the molecule is CCC[C@@H](NC(=O)N(C)C1CCOC1C)C(=O)O. The minimum atomic E-state index is -0.991. The van der Waals surface area contributed by atoms with Gasteiger partial charge in [0.2, 0.25) is 0 Å². The molecule has 1 heterocycles. The second kappa shape index (κ2) is 6.58. The van der Waals surface area contributed by atoms with Crippen molar-refractivity contribution < 1.29 is 19.4 Å². The normalized spacial score (nSPS) is 24.6. The van der Waals surface area contributed by atoms with Gasteiger partial charge in [-0.3, -0.25) is 0 Å². The highest BCUT2D eigenvalue weighted by atomic mass is 16.5. The Morgan fingerprint density at radius 2 is 2.22 bits per heavy atom. The van der Waals surface area contributed by atoms with Crippen LogP contribution < -0.4 is 5.32 Å². The third-order valence-corrected chi connectivity index (χ3v) is 3.33. The van der Waals surface area contributed by atoms with Crippen LogP contribution in [0.25, 0.3) is 0 Å². The summed E-state index contributed by atoms with van der Waals surface area (Å²) in [5.74, 6) is -0.991. The first kappa shape index (κ1) is 14.8. The van der Waals surface area contributed by atoms with Gasteiger partial charge in [0.25, 0.3) is 0 Å². The summed E-state index contributed by atoms with van der Waals surface area (Å²) in [6, 6.07) is -1.15. The first-order valence-electron chi connectivity index (χ1n) is 6.35. The molecule has 18 heavy (non-hydrogen) atoms. The lowest BCUT2D eigenvalue weighted by atomic mass is 10.1. The number of carboxylic acids is 1. The molecule has 104 valence electrons. The van der Waals surface area contributed by atoms with E-state index in [4.69, 9.17) is 9.84 Å². The van der Waals surface area contributed by atoms with E-state index >= 15 is 0 Å². The van der Waals surface area contributed by atoms with Crippen LogP contribution in [0.5, 0.6) is 0 Å². The van der Waals surface area contributed by atoms with Gasteiger partial charge in [0.15, 0.2) is 0 Å². The quantitative estimate of drug-likeness (QED) is 0.772. The van der Waals surface area contributed by atoms with E-state index in [9.17, 15) is 9.59 Å². The van der Waals surface area contributed by atoms with Crippen molar-refractivity contribution in [1.29, 1.82) is 0 Å². The molecule has 2 unspecified atom stereocenters. The molecule has 0 aliphatic carbocycles. The third-order valence-electron chi connectivity index (χ3n) is 3.33. The maximum Gasteiger partial charge on any atom is 0.326 e. The highest BCUT2D eigenvalue weighted by Gasteiger charge is 2.32. The molecule has 3 atom stereocenters. The number of aliphatic carboxylic acids is 1. The smallest absolute Gasteiger partial charge is 0.326 e. The lowest BCUT2D eigenvalue weighted by Crippen LogP contribution is -2.51. The van der Waals surface area contributed by atoms with Gasteiger partial charge in [-0.2, -0.15) is 0 Å². The van der Waals surface area contributed by atoms with Gasteiger partial charge < -0.3 is 20.1 Å². The third kappa shape index (κ3) is 3.60. The Kier molecular flexibility index (Phi) is 5.40. The average Bonchev–Trinajstić information content (AvgIpc) is 2.73. The van der Waals surface area contributed by atoms with Gasteiger partial charge in [0.1, 0.15) is 6.04 Å². The molecule has 2 N–H and O–H groups in total. The molecule has 6 nitrogen and oxygen atoms in total. The zero-order valence-corrected chi connectivity index (χ0v) is 11.2. The topological polar surface area (TPSA) is 78.9 Å². The molecular formula is C12H22N2O4. The van der Waals surface area contributed by atoms with Gasteiger partial charge in [0.05, 0.1) is 12.1 Å². The number of ether oxygens (including phenoxy) is 1. The second-order valence-electron chi connectivity index (χ2n) is 4.67. The van der Waals surface area contributed by atoms with E-state index in [-0.39, 0.29) is 18.2 Å². The molecule has 1 aliphatic heterocycles. The Labute approximate surface area is 107 Å². The highest BCUT2D eigenvalue weighted by molar-refractivity contribution is 5.82. The molecule has 2 amide bonds. The minimum Gasteiger partial charge on any atom is -0.480 e. The largest absolute Gasteiger partial charge is 0.480 e. The number of hydrogen-bond acceptors (Lipinski definition) is 3. The van der Waals surface area contributed by atoms with E-state index in [2.05, 4.69) is 5.32 Å². The molecule has 1 rings (SSSR count). The van der Waals surface area contributed by atoms with Crippen LogP contribution in [0.3, 0.4) is 0 Å². The van der Waals surface area contributed by atoms with Crippen molar-refractivity contribution in [2.75, 3.05) is 13.7 Å². The van der Waals surface area contributed by atoms with Crippen LogP contribution in [-0.4, -0.2) is 53.8 Å². The van der Waals surface area contributed by atoms with Crippen LogP contribution in [0.4, 0.5) is 4.79 Å². The number of carbonyl (C=O) groups excluding carboxylic acids is 1. The van der Waals surface area contributed by atoms with Gasteiger partial charge >= 0.3 is 12.0 Å². The van der Waals surface area contributed by atoms with Crippen molar-refractivity contribution in [3.63, 3.8) is 0 Å². The Bertz CT molecular complexity index is 308. The Morgan fingerprint density at radius 3 is 2.67 bits per heavy atom. The van der Waals surface area contributed by atoms with Crippen LogP contribution in [0.15, 0.2) is 0 Å². The lowest BCUT2D eigenvalue weighted by molar-refractivity contribution is -0.139. The van der Waals surface area contributed by atoms with Gasteiger partial charge in [-0.1, -0.05) is 13.3 Å². The number of rotatable bonds is 5. The number of carboxylic acid groups (broad SMARTS) is 1. The summed E-state index contributed by atoms with van der Waals surface area (Å²) in [6.07, 6.45) is 1.93. The second-order valence-corrected chi connectivity index (χ2v) is 4.67. The molecule has 0 aromatic carbocycles. The molecule has 0 saturated carbocycles. The van der Waals surface area contributed by atoms with Crippen molar-refractivity contribution >= 4 is 12.0 Å². The highest BCUT2D eigenvalue weighted by Crippen LogP contribution is 2.18. The van der Waals surface area contributed by atoms with Crippen molar-refractivity contribution in [3.05, 3.63) is 0 Å². The van der Waals surface area contributed by atoms with E-state index in [1.54, 1.807) is 11.9 Å². The molecule has 1 aliphatic rings. The lowest BCUT2D eigenvalue weighted by Gasteiger charge is -2.28. The summed E-state index contributed by atoms with van der Waals surface area (Å²) in [6.45, 7) is 4.45. The predicted molar refractivity (Wildman–Crippen MR) is 66.4 cm³/mol. The molecule has 1 saturated heterocycles. The molecule has 0 spiro atoms. The number of nitrogens with one attached hydrogen (secondary N) is 1. The zero-order chi connectivity index (χ0) is 13.7. The summed E-state index contributed by atoms with van der Waals surface area (Å²) in [4.78, 5) is 24.5. The van der Waals surface area contributed by atoms with Crippen molar-refractivity contribution in [2.45, 2.75) is 51.3 Å². The molecule has 0 bridgehead atoms. The number of carbonyl (C=O) groups is 2. The van der Waals surface area contributed by atoms with Crippen molar-refractivity contribution in [1.82, 2.24) is 10.2 Å². The zero-order valence-electron chi connectivity index (χ0n) is 11.2. The maximum atomic E-state index is 12.0. The van der Waals surface area contributed by atoms with Crippen LogP contribution in [0.1, 0.15) is 33.1 Å². The fourth-order valence-corrected chi connectivity index (χ4v) is 2.18. The molecular weight excluding hydrogens is 236 g/mol. The summed E-state index contributed by atoms with van der Waals surface area (Å²) in [5, 5.41) is 11.5. The summed E-state index contributed by atoms with van der Waals surface area (Å²) >= 11 is 0. The van der Waals surface area contributed by atoms with E-state index < -0.39 is 12.0 Å². The van der Waals surface area contributed by atoms with Gasteiger partial charge in [-0.05, 0) is 19.8 Å². The average molecular weight is 258 g/mol. The number of urea groups is 1. The molecule has 0 aromatic heterocycles. The molecule has 0 aromatic rings. The van der Waals surface area contributed by atoms with Gasteiger partial charge in [-0.15, -0.1) is 0 Å². The van der Waals surface area contributed by atoms with Gasteiger partial charge in [0, 0.05) is 13.7 Å². The van der Waals surface area contributed by atoms with Crippen LogP contribution >= 0.6 is 0 Å². The van der Waals surface area contributed by atoms with E-state index in [0.29, 0.717) is 19.4 Å². The van der Waals surface area contributed by atoms with E-state index in [1.165, 1.54) is 0 Å². The van der Waals surface area contributed by atoms with E-state index in [1.807, 2.05) is 13.8 Å². The summed E-state index contributed by atoms with van der Waals surface area (Å²) < 4.78 is 5.40. The Balaban J connectivity index is 2.55. The first-order valence-corrected chi connectivity index (χ1v) is 6.35. The Morgan fingerprint density at radius 1 is 1.56 bits per heavy atom. The summed E-state index contributed by atoms with van der Waals surface area (Å²) in [5.41, 5.74) is 0. The summed E-state index contributed by atoms with van der Waals surface area (Å²) in [7, 11) is 1.68. The standard InChI is InChI=1S/C12H22N2O4/c1-4-5-9(11(15)16)13-12(17)14(3)10-6-7-18-8(10)2/h8-10H,4-7H2,1-3H3,(H,13,17)(H,15,16)/t8?,9-,10?/m1/s1. The van der Waals surface area contributed by atoms with Crippen molar-refractivity contribution in [3.8, 4) is 0 Å². The van der Waals surface area contributed by atoms with Crippen LogP contribution in [-0.2, 0) is 9.53 Å². The van der Waals surface area contributed by atoms with Crippen molar-refractivity contribution in [2.24, 2.45) is 0 Å². The minimum absolute atomic E-state index is 0.00444. The predicted octanol–water partition coefficient (Wildman–Crippen LogP) is 1.06. The maximum absolute atomic E-state index is 12.0. The van der Waals surface area contributed by atoms with Gasteiger partial charge in [-0.25, -0.2) is 9.59 Å². The monoisotopic (exact) mass is 258 g/mol. The number of amides is 2. The Hall–Kier alpha value is -1.30. The number of nitrogens with zero attached hydrogens (tertiary/aromatic N) is 1. The van der Waals surface area contributed by atoms with E-state index in [0.717, 1.165) is 6.42 Å². The van der Waals surface area contributed by atoms with Crippen LogP contribution in [0, 0.1) is 0 Å². The first-order chi connectivity index (χ1) is 8.47.